The third-order valence-corrected chi connectivity index (χ3v) is 5.68. The number of nitrogens with one attached hydrogen (secondary N) is 1. The summed E-state index contributed by atoms with van der Waals surface area (Å²) < 4.78 is 1.82. The SMILES string of the molecule is CC(C)(C)C(=O)N1CCCC1C(=O)NCc1cn(-c2ccccc2)nc1-c1ccncc1. The Labute approximate surface area is 188 Å². The first kappa shape index (κ1) is 21.7. The summed E-state index contributed by atoms with van der Waals surface area (Å²) in [6.45, 7) is 6.63. The Morgan fingerprint density at radius 3 is 2.50 bits per heavy atom. The average Bonchev–Trinajstić information content (AvgIpc) is 3.45. The lowest BCUT2D eigenvalue weighted by molar-refractivity contribution is -0.144. The van der Waals surface area contributed by atoms with Crippen molar-refractivity contribution in [2.75, 3.05) is 6.54 Å². The maximum Gasteiger partial charge on any atom is 0.243 e. The van der Waals surface area contributed by atoms with Gasteiger partial charge in [-0.15, -0.1) is 0 Å². The van der Waals surface area contributed by atoms with Gasteiger partial charge in [0.25, 0.3) is 0 Å². The van der Waals surface area contributed by atoms with Crippen molar-refractivity contribution in [1.29, 1.82) is 0 Å². The summed E-state index contributed by atoms with van der Waals surface area (Å²) in [5.41, 5.74) is 3.07. The smallest absolute Gasteiger partial charge is 0.243 e. The van der Waals surface area contributed by atoms with Gasteiger partial charge in [0.2, 0.25) is 11.8 Å². The average molecular weight is 432 g/mol. The molecule has 3 aromatic rings. The van der Waals surface area contributed by atoms with Crippen molar-refractivity contribution in [3.63, 3.8) is 0 Å². The van der Waals surface area contributed by atoms with Gasteiger partial charge in [-0.05, 0) is 37.1 Å². The van der Waals surface area contributed by atoms with Crippen LogP contribution < -0.4 is 5.32 Å². The molecule has 0 saturated carbocycles. The van der Waals surface area contributed by atoms with Crippen LogP contribution in [0.4, 0.5) is 0 Å². The van der Waals surface area contributed by atoms with E-state index in [1.807, 2.05) is 74.1 Å². The normalized spacial score (nSPS) is 16.2. The molecule has 7 nitrogen and oxygen atoms in total. The molecular formula is C25H29N5O2. The molecule has 1 N–H and O–H groups in total. The van der Waals surface area contributed by atoms with Crippen molar-refractivity contribution in [3.05, 3.63) is 66.6 Å². The number of carbonyl (C=O) groups excluding carboxylic acids is 2. The lowest BCUT2D eigenvalue weighted by atomic mass is 9.94. The molecule has 0 bridgehead atoms. The van der Waals surface area contributed by atoms with Crippen molar-refractivity contribution >= 4 is 11.8 Å². The molecule has 0 aliphatic carbocycles. The van der Waals surface area contributed by atoms with E-state index in [0.29, 0.717) is 19.5 Å². The number of rotatable bonds is 5. The van der Waals surface area contributed by atoms with Gasteiger partial charge in [-0.2, -0.15) is 5.10 Å². The highest BCUT2D eigenvalue weighted by Gasteiger charge is 2.38. The van der Waals surface area contributed by atoms with Crippen LogP contribution in [0.5, 0.6) is 0 Å². The molecule has 1 atom stereocenters. The fraction of sp³-hybridized carbons (Fsp3) is 0.360. The molecule has 1 unspecified atom stereocenters. The molecule has 0 radical (unpaired) electrons. The number of nitrogens with zero attached hydrogens (tertiary/aromatic N) is 4. The molecule has 0 spiro atoms. The highest BCUT2D eigenvalue weighted by molar-refractivity contribution is 5.90. The third kappa shape index (κ3) is 4.56. The zero-order chi connectivity index (χ0) is 22.7. The number of hydrogen-bond donors (Lipinski definition) is 1. The van der Waals surface area contributed by atoms with Crippen molar-refractivity contribution in [3.8, 4) is 16.9 Å². The highest BCUT2D eigenvalue weighted by atomic mass is 16.2. The van der Waals surface area contributed by atoms with Crippen LogP contribution in [0, 0.1) is 5.41 Å². The van der Waals surface area contributed by atoms with Gasteiger partial charge >= 0.3 is 0 Å². The number of hydrogen-bond acceptors (Lipinski definition) is 4. The lowest BCUT2D eigenvalue weighted by Gasteiger charge is -2.30. The van der Waals surface area contributed by atoms with Crippen LogP contribution in [0.1, 0.15) is 39.2 Å². The highest BCUT2D eigenvalue weighted by Crippen LogP contribution is 2.26. The number of likely N-dealkylation sites (tertiary alicyclic amines) is 1. The Morgan fingerprint density at radius 2 is 1.81 bits per heavy atom. The predicted molar refractivity (Wildman–Crippen MR) is 123 cm³/mol. The van der Waals surface area contributed by atoms with Crippen LogP contribution in [-0.4, -0.2) is 44.1 Å². The lowest BCUT2D eigenvalue weighted by Crippen LogP contribution is -2.49. The van der Waals surface area contributed by atoms with E-state index in [9.17, 15) is 9.59 Å². The zero-order valence-corrected chi connectivity index (χ0v) is 18.8. The van der Waals surface area contributed by atoms with Crippen molar-refractivity contribution in [2.24, 2.45) is 5.41 Å². The molecular weight excluding hydrogens is 402 g/mol. The second-order valence-electron chi connectivity index (χ2n) is 9.14. The molecule has 7 heteroatoms. The number of aromatic nitrogens is 3. The van der Waals surface area contributed by atoms with E-state index in [1.165, 1.54) is 0 Å². The fourth-order valence-electron chi connectivity index (χ4n) is 4.02. The molecule has 1 fully saturated rings. The second kappa shape index (κ2) is 8.94. The summed E-state index contributed by atoms with van der Waals surface area (Å²) in [5.74, 6) is -0.0993. The monoisotopic (exact) mass is 431 g/mol. The van der Waals surface area contributed by atoms with Gasteiger partial charge in [0.15, 0.2) is 0 Å². The van der Waals surface area contributed by atoms with Crippen LogP contribution in [0.15, 0.2) is 61.1 Å². The van der Waals surface area contributed by atoms with E-state index >= 15 is 0 Å². The quantitative estimate of drug-likeness (QED) is 0.670. The minimum absolute atomic E-state index is 0.0181. The van der Waals surface area contributed by atoms with E-state index in [0.717, 1.165) is 28.9 Å². The molecule has 1 aliphatic heterocycles. The summed E-state index contributed by atoms with van der Waals surface area (Å²) in [4.78, 5) is 31.6. The van der Waals surface area contributed by atoms with Crippen LogP contribution in [0.25, 0.3) is 16.9 Å². The maximum absolute atomic E-state index is 13.0. The second-order valence-corrected chi connectivity index (χ2v) is 9.14. The number of benzene rings is 1. The van der Waals surface area contributed by atoms with E-state index in [-0.39, 0.29) is 11.8 Å². The summed E-state index contributed by atoms with van der Waals surface area (Å²) in [6.07, 6.45) is 6.93. The van der Waals surface area contributed by atoms with Gasteiger partial charge in [-0.1, -0.05) is 39.0 Å². The Balaban J connectivity index is 1.55. The molecule has 32 heavy (non-hydrogen) atoms. The van der Waals surface area contributed by atoms with Crippen LogP contribution in [0.3, 0.4) is 0 Å². The van der Waals surface area contributed by atoms with Crippen LogP contribution >= 0.6 is 0 Å². The molecule has 2 aromatic heterocycles. The maximum atomic E-state index is 13.0. The molecule has 166 valence electrons. The van der Waals surface area contributed by atoms with Gasteiger partial charge < -0.3 is 10.2 Å². The predicted octanol–water partition coefficient (Wildman–Crippen LogP) is 3.59. The summed E-state index contributed by atoms with van der Waals surface area (Å²) >= 11 is 0. The van der Waals surface area contributed by atoms with Gasteiger partial charge in [-0.25, -0.2) is 4.68 Å². The number of amides is 2. The Kier molecular flexibility index (Phi) is 6.08. The van der Waals surface area contributed by atoms with E-state index in [2.05, 4.69) is 10.3 Å². The fourth-order valence-corrected chi connectivity index (χ4v) is 4.02. The van der Waals surface area contributed by atoms with Gasteiger partial charge in [0, 0.05) is 48.2 Å². The molecule has 1 aromatic carbocycles. The summed E-state index contributed by atoms with van der Waals surface area (Å²) in [7, 11) is 0. The van der Waals surface area contributed by atoms with Crippen molar-refractivity contribution in [2.45, 2.75) is 46.2 Å². The van der Waals surface area contributed by atoms with Gasteiger partial charge in [0.05, 0.1) is 11.4 Å². The van der Waals surface area contributed by atoms with Crippen molar-refractivity contribution in [1.82, 2.24) is 25.0 Å². The van der Waals surface area contributed by atoms with Crippen LogP contribution in [-0.2, 0) is 16.1 Å². The Bertz CT molecular complexity index is 1090. The van der Waals surface area contributed by atoms with Gasteiger partial charge in [-0.3, -0.25) is 14.6 Å². The number of para-hydroxylation sites is 1. The molecule has 3 heterocycles. The zero-order valence-electron chi connectivity index (χ0n) is 18.8. The standard InChI is InChI=1S/C25H29N5O2/c1-25(2,3)24(32)29-15-7-10-21(29)23(31)27-16-19-17-30(20-8-5-4-6-9-20)28-22(19)18-11-13-26-14-12-18/h4-6,8-9,11-14,17,21H,7,10,15-16H2,1-3H3,(H,27,31). The molecule has 4 rings (SSSR count). The first-order chi connectivity index (χ1) is 15.3. The minimum atomic E-state index is -0.506. The first-order valence-corrected chi connectivity index (χ1v) is 11.0. The summed E-state index contributed by atoms with van der Waals surface area (Å²) in [6, 6.07) is 13.3. The van der Waals surface area contributed by atoms with Crippen LogP contribution in [0.2, 0.25) is 0 Å². The topological polar surface area (TPSA) is 80.1 Å². The number of carbonyl (C=O) groups is 2. The number of pyridine rings is 1. The summed E-state index contributed by atoms with van der Waals surface area (Å²) in [5, 5.41) is 7.83. The molecule has 1 saturated heterocycles. The first-order valence-electron chi connectivity index (χ1n) is 11.0. The Morgan fingerprint density at radius 1 is 1.09 bits per heavy atom. The Hall–Kier alpha value is -3.48. The van der Waals surface area contributed by atoms with Crippen molar-refractivity contribution < 1.29 is 9.59 Å². The largest absolute Gasteiger partial charge is 0.350 e. The minimum Gasteiger partial charge on any atom is -0.350 e. The van der Waals surface area contributed by atoms with Gasteiger partial charge in [0.1, 0.15) is 6.04 Å². The van der Waals surface area contributed by atoms with E-state index in [4.69, 9.17) is 5.10 Å². The third-order valence-electron chi connectivity index (χ3n) is 5.68. The van der Waals surface area contributed by atoms with E-state index in [1.54, 1.807) is 17.3 Å². The van der Waals surface area contributed by atoms with E-state index < -0.39 is 11.5 Å². The molecule has 1 aliphatic rings. The molecule has 2 amide bonds.